The number of halogens is 3. The van der Waals surface area contributed by atoms with E-state index < -0.39 is 23.9 Å². The first-order valence-corrected chi connectivity index (χ1v) is 8.57. The van der Waals surface area contributed by atoms with Crippen LogP contribution >= 0.6 is 0 Å². The molecule has 0 unspecified atom stereocenters. The lowest BCUT2D eigenvalue weighted by atomic mass is 9.94. The third-order valence-electron chi connectivity index (χ3n) is 5.03. The van der Waals surface area contributed by atoms with Gasteiger partial charge in [0, 0.05) is 26.2 Å². The Morgan fingerprint density at radius 3 is 2.60 bits per heavy atom. The van der Waals surface area contributed by atoms with Crippen LogP contribution in [0.5, 0.6) is 0 Å². The van der Waals surface area contributed by atoms with Crippen LogP contribution in [0.2, 0.25) is 0 Å². The van der Waals surface area contributed by atoms with Gasteiger partial charge in [0.25, 0.3) is 0 Å². The summed E-state index contributed by atoms with van der Waals surface area (Å²) in [6, 6.07) is 4.57. The molecule has 138 valence electrons. The van der Waals surface area contributed by atoms with Crippen LogP contribution in [0.3, 0.4) is 0 Å². The van der Waals surface area contributed by atoms with E-state index in [1.807, 2.05) is 0 Å². The lowest BCUT2D eigenvalue weighted by Gasteiger charge is -2.29. The number of hydrogen-bond donors (Lipinski definition) is 1. The van der Waals surface area contributed by atoms with Crippen LogP contribution in [0, 0.1) is 5.92 Å². The van der Waals surface area contributed by atoms with Gasteiger partial charge < -0.3 is 14.7 Å². The zero-order valence-corrected chi connectivity index (χ0v) is 13.8. The van der Waals surface area contributed by atoms with Gasteiger partial charge >= 0.3 is 6.18 Å². The molecule has 4 nitrogen and oxygen atoms in total. The predicted molar refractivity (Wildman–Crippen MR) is 84.7 cm³/mol. The van der Waals surface area contributed by atoms with Crippen molar-refractivity contribution in [2.45, 2.75) is 44.0 Å². The van der Waals surface area contributed by atoms with E-state index in [4.69, 9.17) is 4.74 Å². The predicted octanol–water partition coefficient (Wildman–Crippen LogP) is 3.16. The van der Waals surface area contributed by atoms with E-state index in [0.717, 1.165) is 18.9 Å². The van der Waals surface area contributed by atoms with Crippen molar-refractivity contribution < 1.29 is 27.8 Å². The molecule has 25 heavy (non-hydrogen) atoms. The van der Waals surface area contributed by atoms with Crippen LogP contribution in [0.25, 0.3) is 0 Å². The Morgan fingerprint density at radius 1 is 1.24 bits per heavy atom. The molecule has 1 aromatic rings. The Bertz CT molecular complexity index is 614. The van der Waals surface area contributed by atoms with Crippen molar-refractivity contribution in [1.82, 2.24) is 4.90 Å². The molecule has 2 aliphatic rings. The van der Waals surface area contributed by atoms with Crippen LogP contribution in [-0.4, -0.2) is 41.8 Å². The van der Waals surface area contributed by atoms with E-state index in [1.54, 1.807) is 0 Å². The Morgan fingerprint density at radius 2 is 1.92 bits per heavy atom. The van der Waals surface area contributed by atoms with Gasteiger partial charge in [0.05, 0.1) is 17.7 Å². The van der Waals surface area contributed by atoms with Crippen molar-refractivity contribution in [1.29, 1.82) is 0 Å². The van der Waals surface area contributed by atoms with Gasteiger partial charge in [-0.1, -0.05) is 18.2 Å². The summed E-state index contributed by atoms with van der Waals surface area (Å²) in [6.45, 7) is 1.31. The summed E-state index contributed by atoms with van der Waals surface area (Å²) in [5.41, 5.74) is -0.676. The molecule has 3 rings (SSSR count). The number of rotatable bonds is 3. The molecule has 2 saturated heterocycles. The van der Waals surface area contributed by atoms with Crippen molar-refractivity contribution in [3.8, 4) is 0 Å². The standard InChI is InChI=1S/C18H22F3NO3/c19-18(20,21)15-4-2-1-3-14(15)16-10-13(23)11-22(16)17(24)9-12-5-7-25-8-6-12/h1-4,12-13,16,23H,5-11H2/t13-,16-/m0/s1. The maximum absolute atomic E-state index is 13.3. The molecule has 1 amide bonds. The number of ether oxygens (including phenoxy) is 1. The maximum Gasteiger partial charge on any atom is 0.416 e. The first kappa shape index (κ1) is 18.2. The minimum atomic E-state index is -4.49. The SMILES string of the molecule is O=C(CC1CCOCC1)N1C[C@@H](O)C[C@H]1c1ccccc1C(F)(F)F. The monoisotopic (exact) mass is 357 g/mol. The molecule has 2 aliphatic heterocycles. The van der Waals surface area contributed by atoms with E-state index >= 15 is 0 Å². The summed E-state index contributed by atoms with van der Waals surface area (Å²) < 4.78 is 45.2. The lowest BCUT2D eigenvalue weighted by Crippen LogP contribution is -2.34. The van der Waals surface area contributed by atoms with E-state index in [-0.39, 0.29) is 30.4 Å². The second kappa shape index (κ2) is 7.33. The molecule has 1 N–H and O–H groups in total. The number of alkyl halides is 3. The fourth-order valence-electron chi connectivity index (χ4n) is 3.74. The van der Waals surface area contributed by atoms with Crippen molar-refractivity contribution in [2.75, 3.05) is 19.8 Å². The third-order valence-corrected chi connectivity index (χ3v) is 5.03. The molecule has 2 heterocycles. The molecule has 0 saturated carbocycles. The first-order chi connectivity index (χ1) is 11.9. The molecule has 0 bridgehead atoms. The molecule has 2 fully saturated rings. The second-order valence-corrected chi connectivity index (χ2v) is 6.80. The molecular weight excluding hydrogens is 335 g/mol. The highest BCUT2D eigenvalue weighted by Gasteiger charge is 2.41. The highest BCUT2D eigenvalue weighted by molar-refractivity contribution is 5.77. The number of aliphatic hydroxyl groups is 1. The molecule has 0 spiro atoms. The first-order valence-electron chi connectivity index (χ1n) is 8.57. The molecule has 0 radical (unpaired) electrons. The summed E-state index contributed by atoms with van der Waals surface area (Å²) >= 11 is 0. The van der Waals surface area contributed by atoms with E-state index in [2.05, 4.69) is 0 Å². The van der Waals surface area contributed by atoms with Crippen LogP contribution in [0.15, 0.2) is 24.3 Å². The Hall–Kier alpha value is -1.60. The number of nitrogens with zero attached hydrogens (tertiary/aromatic N) is 1. The average molecular weight is 357 g/mol. The lowest BCUT2D eigenvalue weighted by molar-refractivity contribution is -0.140. The smallest absolute Gasteiger partial charge is 0.391 e. The van der Waals surface area contributed by atoms with Crippen molar-refractivity contribution in [3.05, 3.63) is 35.4 Å². The number of aliphatic hydroxyl groups excluding tert-OH is 1. The quantitative estimate of drug-likeness (QED) is 0.904. The van der Waals surface area contributed by atoms with Crippen LogP contribution in [0.1, 0.15) is 42.9 Å². The van der Waals surface area contributed by atoms with Crippen LogP contribution in [-0.2, 0) is 15.7 Å². The Kier molecular flexibility index (Phi) is 5.34. The Labute approximate surface area is 144 Å². The fraction of sp³-hybridized carbons (Fsp3) is 0.611. The molecule has 2 atom stereocenters. The number of amides is 1. The molecule has 0 aliphatic carbocycles. The van der Waals surface area contributed by atoms with Crippen molar-refractivity contribution in [3.63, 3.8) is 0 Å². The molecule has 1 aromatic carbocycles. The molecular formula is C18H22F3NO3. The number of hydrogen-bond acceptors (Lipinski definition) is 3. The number of likely N-dealkylation sites (tertiary alicyclic amines) is 1. The van der Waals surface area contributed by atoms with Crippen LogP contribution in [0.4, 0.5) is 13.2 Å². The summed E-state index contributed by atoms with van der Waals surface area (Å²) in [6.07, 6.45) is -3.30. The van der Waals surface area contributed by atoms with E-state index in [1.165, 1.54) is 23.1 Å². The van der Waals surface area contributed by atoms with Gasteiger partial charge in [-0.2, -0.15) is 13.2 Å². The normalized spacial score (nSPS) is 25.4. The average Bonchev–Trinajstić information content (AvgIpc) is 2.97. The Balaban J connectivity index is 1.81. The number of carbonyl (C=O) groups is 1. The van der Waals surface area contributed by atoms with E-state index in [0.29, 0.717) is 19.6 Å². The van der Waals surface area contributed by atoms with E-state index in [9.17, 15) is 23.1 Å². The highest BCUT2D eigenvalue weighted by atomic mass is 19.4. The number of benzene rings is 1. The zero-order chi connectivity index (χ0) is 18.0. The van der Waals surface area contributed by atoms with Crippen LogP contribution < -0.4 is 0 Å². The van der Waals surface area contributed by atoms with Crippen molar-refractivity contribution >= 4 is 5.91 Å². The highest BCUT2D eigenvalue weighted by Crippen LogP contribution is 2.41. The van der Waals surface area contributed by atoms with Gasteiger partial charge in [0.15, 0.2) is 0 Å². The summed E-state index contributed by atoms with van der Waals surface area (Å²) in [5.74, 6) is 0.00271. The van der Waals surface area contributed by atoms with Gasteiger partial charge in [0.2, 0.25) is 5.91 Å². The minimum Gasteiger partial charge on any atom is -0.391 e. The largest absolute Gasteiger partial charge is 0.416 e. The van der Waals surface area contributed by atoms with Gasteiger partial charge in [-0.25, -0.2) is 0 Å². The molecule has 7 heteroatoms. The van der Waals surface area contributed by atoms with Gasteiger partial charge in [0.1, 0.15) is 0 Å². The number of carbonyl (C=O) groups excluding carboxylic acids is 1. The minimum absolute atomic E-state index is 0.0619. The summed E-state index contributed by atoms with van der Waals surface area (Å²) in [7, 11) is 0. The summed E-state index contributed by atoms with van der Waals surface area (Å²) in [4.78, 5) is 14.1. The zero-order valence-electron chi connectivity index (χ0n) is 13.8. The topological polar surface area (TPSA) is 49.8 Å². The van der Waals surface area contributed by atoms with Gasteiger partial charge in [-0.3, -0.25) is 4.79 Å². The van der Waals surface area contributed by atoms with Gasteiger partial charge in [-0.05, 0) is 36.8 Å². The molecule has 0 aromatic heterocycles. The summed E-state index contributed by atoms with van der Waals surface area (Å²) in [5, 5.41) is 9.98. The number of β-amino-alcohol motifs (C(OH)–C–C–N with tert-alkyl or cyclic N) is 1. The van der Waals surface area contributed by atoms with Gasteiger partial charge in [-0.15, -0.1) is 0 Å². The van der Waals surface area contributed by atoms with Crippen molar-refractivity contribution in [2.24, 2.45) is 5.92 Å². The second-order valence-electron chi connectivity index (χ2n) is 6.80. The third kappa shape index (κ3) is 4.15. The maximum atomic E-state index is 13.3. The fourth-order valence-corrected chi connectivity index (χ4v) is 3.74.